The summed E-state index contributed by atoms with van der Waals surface area (Å²) in [4.78, 5) is 20.9. The van der Waals surface area contributed by atoms with Crippen molar-refractivity contribution in [3.63, 3.8) is 0 Å². The highest BCUT2D eigenvalue weighted by molar-refractivity contribution is 6.30. The largest absolute Gasteiger partial charge is 0.376 e. The minimum atomic E-state index is -0.0271. The van der Waals surface area contributed by atoms with Crippen LogP contribution in [0.1, 0.15) is 16.9 Å². The van der Waals surface area contributed by atoms with Gasteiger partial charge in [-0.25, -0.2) is 4.98 Å². The maximum atomic E-state index is 12.5. The van der Waals surface area contributed by atoms with Gasteiger partial charge in [-0.05, 0) is 25.1 Å². The van der Waals surface area contributed by atoms with E-state index in [-0.39, 0.29) is 12.0 Å². The van der Waals surface area contributed by atoms with Crippen LogP contribution in [0.5, 0.6) is 0 Å². The number of nitrogens with zero attached hydrogens (tertiary/aromatic N) is 3. The van der Waals surface area contributed by atoms with Crippen LogP contribution in [0.25, 0.3) is 0 Å². The van der Waals surface area contributed by atoms with Crippen molar-refractivity contribution in [2.24, 2.45) is 0 Å². The topological polar surface area (TPSA) is 54.9 Å². The minimum absolute atomic E-state index is 0.0271. The fourth-order valence-electron chi connectivity index (χ4n) is 2.95. The van der Waals surface area contributed by atoms with Crippen molar-refractivity contribution < 1.29 is 14.3 Å². The van der Waals surface area contributed by atoms with E-state index in [4.69, 9.17) is 21.1 Å². The number of carbonyl (C=O) groups is 1. The number of rotatable bonds is 3. The molecule has 0 aliphatic carbocycles. The highest BCUT2D eigenvalue weighted by Crippen LogP contribution is 2.12. The van der Waals surface area contributed by atoms with Crippen molar-refractivity contribution in [3.05, 3.63) is 29.0 Å². The van der Waals surface area contributed by atoms with Crippen LogP contribution in [0.15, 0.2) is 18.3 Å². The first kappa shape index (κ1) is 16.6. The van der Waals surface area contributed by atoms with Crippen LogP contribution >= 0.6 is 11.6 Å². The van der Waals surface area contributed by atoms with E-state index in [1.165, 1.54) is 6.20 Å². The molecular weight excluding hydrogens is 318 g/mol. The zero-order valence-corrected chi connectivity index (χ0v) is 13.9. The SMILES string of the molecule is O=C(c1ccc(Cl)cn1)N1CCCN(CC2COCCO2)CC1. The third kappa shape index (κ3) is 4.64. The van der Waals surface area contributed by atoms with Crippen molar-refractivity contribution >= 4 is 17.5 Å². The molecule has 7 heteroatoms. The molecule has 1 atom stereocenters. The molecule has 1 aromatic heterocycles. The molecule has 0 N–H and O–H groups in total. The van der Waals surface area contributed by atoms with E-state index in [1.54, 1.807) is 12.1 Å². The lowest BCUT2D eigenvalue weighted by Crippen LogP contribution is -2.42. The number of ether oxygens (including phenoxy) is 2. The molecule has 2 aliphatic rings. The number of pyridine rings is 1. The second kappa shape index (κ2) is 8.06. The van der Waals surface area contributed by atoms with E-state index in [2.05, 4.69) is 9.88 Å². The van der Waals surface area contributed by atoms with Gasteiger partial charge in [0.1, 0.15) is 5.69 Å². The van der Waals surface area contributed by atoms with Gasteiger partial charge in [0.2, 0.25) is 0 Å². The molecular formula is C16H22ClN3O3. The van der Waals surface area contributed by atoms with Gasteiger partial charge in [-0.3, -0.25) is 9.69 Å². The molecule has 0 spiro atoms. The van der Waals surface area contributed by atoms with Crippen LogP contribution in [-0.2, 0) is 9.47 Å². The Balaban J connectivity index is 1.53. The number of carbonyl (C=O) groups excluding carboxylic acids is 1. The molecule has 1 aromatic rings. The minimum Gasteiger partial charge on any atom is -0.376 e. The molecule has 3 heterocycles. The van der Waals surface area contributed by atoms with Crippen molar-refractivity contribution in [1.82, 2.24) is 14.8 Å². The summed E-state index contributed by atoms with van der Waals surface area (Å²) in [6.07, 6.45) is 2.61. The third-order valence-corrected chi connectivity index (χ3v) is 4.39. The average molecular weight is 340 g/mol. The van der Waals surface area contributed by atoms with Crippen LogP contribution in [0.2, 0.25) is 5.02 Å². The molecule has 1 amide bonds. The monoisotopic (exact) mass is 339 g/mol. The van der Waals surface area contributed by atoms with Gasteiger partial charge >= 0.3 is 0 Å². The number of aromatic nitrogens is 1. The molecule has 0 radical (unpaired) electrons. The Morgan fingerprint density at radius 3 is 2.91 bits per heavy atom. The summed E-state index contributed by atoms with van der Waals surface area (Å²) < 4.78 is 11.2. The maximum absolute atomic E-state index is 12.5. The summed E-state index contributed by atoms with van der Waals surface area (Å²) in [5.41, 5.74) is 0.451. The summed E-state index contributed by atoms with van der Waals surface area (Å²) in [6, 6.07) is 3.38. The highest BCUT2D eigenvalue weighted by atomic mass is 35.5. The fraction of sp³-hybridized carbons (Fsp3) is 0.625. The van der Waals surface area contributed by atoms with E-state index in [9.17, 15) is 4.79 Å². The Bertz CT molecular complexity index is 520. The predicted octanol–water partition coefficient (Wildman–Crippen LogP) is 1.30. The molecule has 126 valence electrons. The summed E-state index contributed by atoms with van der Waals surface area (Å²) in [7, 11) is 0. The molecule has 2 fully saturated rings. The molecule has 3 rings (SSSR count). The Labute approximate surface area is 141 Å². The van der Waals surface area contributed by atoms with Gasteiger partial charge in [0, 0.05) is 32.4 Å². The highest BCUT2D eigenvalue weighted by Gasteiger charge is 2.23. The first-order valence-electron chi connectivity index (χ1n) is 8.05. The lowest BCUT2D eigenvalue weighted by atomic mass is 10.3. The number of hydrogen-bond donors (Lipinski definition) is 0. The van der Waals surface area contributed by atoms with Gasteiger partial charge in [0.05, 0.1) is 30.9 Å². The molecule has 0 bridgehead atoms. The van der Waals surface area contributed by atoms with E-state index in [0.29, 0.717) is 37.1 Å². The number of hydrogen-bond acceptors (Lipinski definition) is 5. The lowest BCUT2D eigenvalue weighted by molar-refractivity contribution is -0.0971. The standard InChI is InChI=1S/C16H22ClN3O3/c17-13-2-3-15(18-10-13)16(21)20-5-1-4-19(6-7-20)11-14-12-22-8-9-23-14/h2-3,10,14H,1,4-9,11-12H2. The zero-order valence-electron chi connectivity index (χ0n) is 13.1. The van der Waals surface area contributed by atoms with Gasteiger partial charge in [0.25, 0.3) is 5.91 Å². The molecule has 6 nitrogen and oxygen atoms in total. The Morgan fingerprint density at radius 2 is 2.17 bits per heavy atom. The summed E-state index contributed by atoms with van der Waals surface area (Å²) >= 11 is 5.82. The molecule has 1 unspecified atom stereocenters. The second-order valence-electron chi connectivity index (χ2n) is 5.88. The van der Waals surface area contributed by atoms with Crippen LogP contribution < -0.4 is 0 Å². The van der Waals surface area contributed by atoms with E-state index in [1.807, 2.05) is 4.90 Å². The first-order valence-corrected chi connectivity index (χ1v) is 8.43. The summed E-state index contributed by atoms with van der Waals surface area (Å²) in [5.74, 6) is -0.0271. The molecule has 23 heavy (non-hydrogen) atoms. The van der Waals surface area contributed by atoms with E-state index in [0.717, 1.165) is 32.6 Å². The molecule has 0 saturated carbocycles. The smallest absolute Gasteiger partial charge is 0.272 e. The first-order chi connectivity index (χ1) is 11.2. The van der Waals surface area contributed by atoms with Crippen LogP contribution in [0, 0.1) is 0 Å². The summed E-state index contributed by atoms with van der Waals surface area (Å²) in [5, 5.41) is 0.540. The van der Waals surface area contributed by atoms with Gasteiger partial charge in [-0.1, -0.05) is 11.6 Å². The van der Waals surface area contributed by atoms with Crippen LogP contribution in [0.3, 0.4) is 0 Å². The van der Waals surface area contributed by atoms with Gasteiger partial charge < -0.3 is 14.4 Å². The third-order valence-electron chi connectivity index (χ3n) is 4.17. The van der Waals surface area contributed by atoms with Crippen LogP contribution in [-0.4, -0.2) is 79.3 Å². The van der Waals surface area contributed by atoms with Crippen LogP contribution in [0.4, 0.5) is 0 Å². The Hall–Kier alpha value is -1.21. The van der Waals surface area contributed by atoms with Gasteiger partial charge in [-0.2, -0.15) is 0 Å². The number of amides is 1. The lowest BCUT2D eigenvalue weighted by Gasteiger charge is -2.29. The predicted molar refractivity (Wildman–Crippen MR) is 86.8 cm³/mol. The quantitative estimate of drug-likeness (QED) is 0.831. The molecule has 2 saturated heterocycles. The summed E-state index contributed by atoms with van der Waals surface area (Å²) in [6.45, 7) is 6.16. The Kier molecular flexibility index (Phi) is 5.83. The average Bonchev–Trinajstić information content (AvgIpc) is 2.81. The molecule has 2 aliphatic heterocycles. The fourth-order valence-corrected chi connectivity index (χ4v) is 3.06. The van der Waals surface area contributed by atoms with Gasteiger partial charge in [0.15, 0.2) is 0 Å². The van der Waals surface area contributed by atoms with Crippen molar-refractivity contribution in [2.45, 2.75) is 12.5 Å². The van der Waals surface area contributed by atoms with Crippen molar-refractivity contribution in [2.75, 3.05) is 52.5 Å². The normalized spacial score (nSPS) is 23.5. The maximum Gasteiger partial charge on any atom is 0.272 e. The van der Waals surface area contributed by atoms with Gasteiger partial charge in [-0.15, -0.1) is 0 Å². The molecule has 0 aromatic carbocycles. The van der Waals surface area contributed by atoms with E-state index < -0.39 is 0 Å². The van der Waals surface area contributed by atoms with E-state index >= 15 is 0 Å². The Morgan fingerprint density at radius 1 is 1.26 bits per heavy atom. The second-order valence-corrected chi connectivity index (χ2v) is 6.31. The van der Waals surface area contributed by atoms with Crippen molar-refractivity contribution in [1.29, 1.82) is 0 Å². The van der Waals surface area contributed by atoms with Crippen molar-refractivity contribution in [3.8, 4) is 0 Å². The number of halogens is 1. The zero-order chi connectivity index (χ0) is 16.1.